The first-order chi connectivity index (χ1) is 21.7. The number of benzene rings is 5. The average Bonchev–Trinajstić information content (AvgIpc) is 3.06. The molecule has 8 heteroatoms. The number of para-hydroxylation sites is 2. The van der Waals surface area contributed by atoms with Crippen molar-refractivity contribution in [2.24, 2.45) is 0 Å². The molecule has 0 radical (unpaired) electrons. The van der Waals surface area contributed by atoms with Gasteiger partial charge < -0.3 is 29.6 Å². The molecule has 5 aromatic carbocycles. The van der Waals surface area contributed by atoms with E-state index in [0.717, 1.165) is 16.2 Å². The first-order valence-corrected chi connectivity index (χ1v) is 14.7. The molecule has 0 aromatic heterocycles. The van der Waals surface area contributed by atoms with E-state index >= 15 is 0 Å². The van der Waals surface area contributed by atoms with Gasteiger partial charge in [0, 0.05) is 17.7 Å². The van der Waals surface area contributed by atoms with Crippen LogP contribution in [0.25, 0.3) is 21.5 Å². The normalized spacial score (nSPS) is 11.0. The molecule has 0 spiro atoms. The van der Waals surface area contributed by atoms with Crippen LogP contribution in [0.5, 0.6) is 5.75 Å². The summed E-state index contributed by atoms with van der Waals surface area (Å²) in [6.07, 6.45) is 0. The molecule has 0 atom stereocenters. The third-order valence-electron chi connectivity index (χ3n) is 6.90. The van der Waals surface area contributed by atoms with Gasteiger partial charge in [-0.2, -0.15) is 0 Å². The maximum Gasteiger partial charge on any atom is 0.255 e. The van der Waals surface area contributed by atoms with Crippen LogP contribution in [0.3, 0.4) is 0 Å². The van der Waals surface area contributed by atoms with Gasteiger partial charge in [0.2, 0.25) is 0 Å². The Hall–Kier alpha value is -4.76. The molecule has 5 rings (SSSR count). The number of rotatable bonds is 16. The van der Waals surface area contributed by atoms with Crippen LogP contribution in [0.1, 0.15) is 20.7 Å². The van der Waals surface area contributed by atoms with Gasteiger partial charge in [0.15, 0.2) is 0 Å². The molecule has 0 aliphatic rings. The van der Waals surface area contributed by atoms with Crippen LogP contribution in [0, 0.1) is 0 Å². The second-order valence-corrected chi connectivity index (χ2v) is 10.0. The zero-order chi connectivity index (χ0) is 30.4. The molecule has 5 aromatic rings. The summed E-state index contributed by atoms with van der Waals surface area (Å²) < 4.78 is 22.5. The van der Waals surface area contributed by atoms with Gasteiger partial charge in [-0.05, 0) is 70.1 Å². The molecule has 0 heterocycles. The third kappa shape index (κ3) is 8.87. The molecule has 0 saturated heterocycles. The summed E-state index contributed by atoms with van der Waals surface area (Å²) in [5.41, 5.74) is 1.80. The van der Waals surface area contributed by atoms with Gasteiger partial charge in [-0.1, -0.05) is 60.7 Å². The Bertz CT molecular complexity index is 1670. The number of ether oxygens (including phenoxy) is 4. The SMILES string of the molecule is O=C(NCCOCCOCCOCCOc1ccccc1NC(=O)c1ccc2cc3ccccc3cc2c1)c1ccccc1. The zero-order valence-corrected chi connectivity index (χ0v) is 24.5. The Morgan fingerprint density at radius 2 is 1.09 bits per heavy atom. The fourth-order valence-electron chi connectivity index (χ4n) is 4.65. The van der Waals surface area contributed by atoms with Crippen molar-refractivity contribution in [3.05, 3.63) is 120 Å². The zero-order valence-electron chi connectivity index (χ0n) is 24.5. The van der Waals surface area contributed by atoms with E-state index in [4.69, 9.17) is 18.9 Å². The lowest BCUT2D eigenvalue weighted by molar-refractivity contribution is 0.00992. The van der Waals surface area contributed by atoms with Crippen molar-refractivity contribution < 1.29 is 28.5 Å². The first kappa shape index (κ1) is 30.7. The van der Waals surface area contributed by atoms with Crippen LogP contribution < -0.4 is 15.4 Å². The lowest BCUT2D eigenvalue weighted by Crippen LogP contribution is -2.27. The van der Waals surface area contributed by atoms with Crippen molar-refractivity contribution in [1.82, 2.24) is 5.32 Å². The van der Waals surface area contributed by atoms with E-state index < -0.39 is 0 Å². The highest BCUT2D eigenvalue weighted by Crippen LogP contribution is 2.26. The van der Waals surface area contributed by atoms with Crippen LogP contribution in [0.15, 0.2) is 109 Å². The summed E-state index contributed by atoms with van der Waals surface area (Å²) in [5.74, 6) is 0.254. The third-order valence-corrected chi connectivity index (χ3v) is 6.90. The molecule has 226 valence electrons. The molecule has 2 amide bonds. The van der Waals surface area contributed by atoms with E-state index in [2.05, 4.69) is 34.9 Å². The largest absolute Gasteiger partial charge is 0.489 e. The summed E-state index contributed by atoms with van der Waals surface area (Å²) in [5, 5.41) is 10.2. The number of hydrogen-bond acceptors (Lipinski definition) is 6. The predicted molar refractivity (Wildman–Crippen MR) is 173 cm³/mol. The van der Waals surface area contributed by atoms with E-state index in [1.54, 1.807) is 12.1 Å². The summed E-state index contributed by atoms with van der Waals surface area (Å²) in [6, 6.07) is 34.6. The second-order valence-electron chi connectivity index (χ2n) is 10.0. The number of fused-ring (bicyclic) bond motifs is 2. The molecule has 0 unspecified atom stereocenters. The number of carbonyl (C=O) groups excluding carboxylic acids is 2. The van der Waals surface area contributed by atoms with Gasteiger partial charge in [0.05, 0.1) is 45.3 Å². The number of carbonyl (C=O) groups is 2. The molecule has 0 bridgehead atoms. The number of amides is 2. The van der Waals surface area contributed by atoms with E-state index in [1.165, 1.54) is 5.39 Å². The van der Waals surface area contributed by atoms with Gasteiger partial charge in [-0.15, -0.1) is 0 Å². The molecule has 0 aliphatic heterocycles. The summed E-state index contributed by atoms with van der Waals surface area (Å²) >= 11 is 0. The fourth-order valence-corrected chi connectivity index (χ4v) is 4.65. The Kier molecular flexibility index (Phi) is 11.3. The van der Waals surface area contributed by atoms with Crippen LogP contribution in [0.2, 0.25) is 0 Å². The van der Waals surface area contributed by atoms with Gasteiger partial charge in [-0.25, -0.2) is 0 Å². The van der Waals surface area contributed by atoms with Crippen molar-refractivity contribution in [1.29, 1.82) is 0 Å². The molecule has 0 aliphatic carbocycles. The van der Waals surface area contributed by atoms with Crippen molar-refractivity contribution in [2.45, 2.75) is 0 Å². The molecule has 8 nitrogen and oxygen atoms in total. The Morgan fingerprint density at radius 3 is 1.84 bits per heavy atom. The highest BCUT2D eigenvalue weighted by atomic mass is 16.6. The van der Waals surface area contributed by atoms with E-state index in [-0.39, 0.29) is 11.8 Å². The molecule has 44 heavy (non-hydrogen) atoms. The van der Waals surface area contributed by atoms with Gasteiger partial charge >= 0.3 is 0 Å². The van der Waals surface area contributed by atoms with Gasteiger partial charge in [-0.3, -0.25) is 9.59 Å². The maximum atomic E-state index is 13.1. The van der Waals surface area contributed by atoms with E-state index in [9.17, 15) is 9.59 Å². The Balaban J connectivity index is 0.955. The predicted octanol–water partition coefficient (Wildman–Crippen LogP) is 6.10. The number of nitrogens with one attached hydrogen (secondary N) is 2. The van der Waals surface area contributed by atoms with Crippen LogP contribution >= 0.6 is 0 Å². The van der Waals surface area contributed by atoms with Gasteiger partial charge in [0.25, 0.3) is 11.8 Å². The average molecular weight is 593 g/mol. The van der Waals surface area contributed by atoms with Crippen molar-refractivity contribution in [2.75, 3.05) is 58.1 Å². The van der Waals surface area contributed by atoms with Crippen molar-refractivity contribution >= 4 is 39.0 Å². The minimum Gasteiger partial charge on any atom is -0.489 e. The number of anilines is 1. The first-order valence-electron chi connectivity index (χ1n) is 14.7. The topological polar surface area (TPSA) is 95.1 Å². The Labute approximate surface area is 256 Å². The standard InChI is InChI=1S/C36H36N2O6/c39-35(27-8-2-1-3-9-27)37-16-17-41-18-19-42-20-21-43-22-23-44-34-13-7-6-12-33(34)38-36(40)31-15-14-30-24-28-10-4-5-11-29(28)25-32(30)26-31/h1-15,24-26H,16-23H2,(H,37,39)(H,38,40). The lowest BCUT2D eigenvalue weighted by atomic mass is 10.0. The fraction of sp³-hybridized carbons (Fsp3) is 0.222. The molecular weight excluding hydrogens is 556 g/mol. The van der Waals surface area contributed by atoms with Crippen molar-refractivity contribution in [3.63, 3.8) is 0 Å². The van der Waals surface area contributed by atoms with Crippen molar-refractivity contribution in [3.8, 4) is 5.75 Å². The lowest BCUT2D eigenvalue weighted by Gasteiger charge is -2.13. The second kappa shape index (κ2) is 16.2. The van der Waals surface area contributed by atoms with Crippen LogP contribution in [-0.2, 0) is 14.2 Å². The molecular formula is C36H36N2O6. The minimum absolute atomic E-state index is 0.116. The van der Waals surface area contributed by atoms with Crippen LogP contribution in [0.4, 0.5) is 5.69 Å². The molecule has 0 fully saturated rings. The van der Waals surface area contributed by atoms with E-state index in [0.29, 0.717) is 75.4 Å². The van der Waals surface area contributed by atoms with E-state index in [1.807, 2.05) is 72.8 Å². The highest BCUT2D eigenvalue weighted by Gasteiger charge is 2.11. The minimum atomic E-state index is -0.203. The van der Waals surface area contributed by atoms with Crippen LogP contribution in [-0.4, -0.2) is 64.6 Å². The highest BCUT2D eigenvalue weighted by molar-refractivity contribution is 6.08. The summed E-state index contributed by atoms with van der Waals surface area (Å²) in [6.45, 7) is 3.28. The summed E-state index contributed by atoms with van der Waals surface area (Å²) in [7, 11) is 0. The summed E-state index contributed by atoms with van der Waals surface area (Å²) in [4.78, 5) is 25.1. The Morgan fingerprint density at radius 1 is 0.500 bits per heavy atom. The smallest absolute Gasteiger partial charge is 0.255 e. The number of hydrogen-bond donors (Lipinski definition) is 2. The maximum absolute atomic E-state index is 13.1. The monoisotopic (exact) mass is 592 g/mol. The van der Waals surface area contributed by atoms with Gasteiger partial charge in [0.1, 0.15) is 12.4 Å². The molecule has 0 saturated carbocycles. The molecule has 2 N–H and O–H groups in total. The quantitative estimate of drug-likeness (QED) is 0.106.